The third kappa shape index (κ3) is 4.42. The molecular formula is C18H28N4O4. The van der Waals surface area contributed by atoms with Crippen LogP contribution in [0.15, 0.2) is 9.59 Å². The minimum absolute atomic E-state index is 0.0289. The van der Waals surface area contributed by atoms with Crippen LogP contribution in [0.1, 0.15) is 59.7 Å². The van der Waals surface area contributed by atoms with Gasteiger partial charge in [0.15, 0.2) is 11.2 Å². The lowest BCUT2D eigenvalue weighted by Crippen LogP contribution is -2.31. The van der Waals surface area contributed by atoms with E-state index in [1.54, 1.807) is 4.57 Å². The van der Waals surface area contributed by atoms with Gasteiger partial charge in [-0.3, -0.25) is 19.1 Å². The molecule has 0 radical (unpaired) electrons. The second-order valence-electron chi connectivity index (χ2n) is 7.61. The normalized spacial score (nSPS) is 11.9. The predicted octanol–water partition coefficient (Wildman–Crippen LogP) is 2.19. The van der Waals surface area contributed by atoms with Gasteiger partial charge in [0, 0.05) is 13.1 Å². The van der Waals surface area contributed by atoms with Crippen LogP contribution in [0.3, 0.4) is 0 Å². The molecule has 0 aliphatic rings. The first-order valence-electron chi connectivity index (χ1n) is 9.05. The molecule has 0 fully saturated rings. The van der Waals surface area contributed by atoms with E-state index in [4.69, 9.17) is 4.74 Å². The highest BCUT2D eigenvalue weighted by molar-refractivity contribution is 5.72. The first-order chi connectivity index (χ1) is 12.2. The van der Waals surface area contributed by atoms with Crippen LogP contribution in [0, 0.1) is 5.41 Å². The van der Waals surface area contributed by atoms with Crippen LogP contribution < -0.4 is 11.2 Å². The number of nitrogens with zero attached hydrogens (tertiary/aromatic N) is 3. The number of rotatable bonds is 7. The van der Waals surface area contributed by atoms with E-state index in [1.165, 1.54) is 4.57 Å². The summed E-state index contributed by atoms with van der Waals surface area (Å²) in [6.07, 6.45) is 2.01. The van der Waals surface area contributed by atoms with Gasteiger partial charge >= 0.3 is 11.7 Å². The molecule has 0 unspecified atom stereocenters. The molecule has 2 aromatic heterocycles. The van der Waals surface area contributed by atoms with Crippen molar-refractivity contribution in [3.8, 4) is 0 Å². The molecule has 8 nitrogen and oxygen atoms in total. The molecular weight excluding hydrogens is 336 g/mol. The van der Waals surface area contributed by atoms with Crippen LogP contribution in [0.5, 0.6) is 0 Å². The summed E-state index contributed by atoms with van der Waals surface area (Å²) >= 11 is 0. The summed E-state index contributed by atoms with van der Waals surface area (Å²) in [7, 11) is 0. The number of esters is 1. The maximum absolute atomic E-state index is 12.3. The first kappa shape index (κ1) is 19.9. The number of aromatic amines is 1. The minimum Gasteiger partial charge on any atom is -0.457 e. The number of imidazole rings is 1. The third-order valence-corrected chi connectivity index (χ3v) is 4.05. The number of carbonyl (C=O) groups excluding carboxylic acids is 1. The van der Waals surface area contributed by atoms with Crippen LogP contribution in [0.2, 0.25) is 0 Å². The Balaban J connectivity index is 2.41. The Morgan fingerprint density at radius 1 is 1.19 bits per heavy atom. The second-order valence-corrected chi connectivity index (χ2v) is 7.61. The van der Waals surface area contributed by atoms with E-state index in [0.717, 1.165) is 12.8 Å². The molecule has 0 aliphatic carbocycles. The lowest BCUT2D eigenvalue weighted by Gasteiger charge is -2.16. The van der Waals surface area contributed by atoms with Crippen molar-refractivity contribution < 1.29 is 9.53 Å². The van der Waals surface area contributed by atoms with Gasteiger partial charge in [-0.2, -0.15) is 0 Å². The number of H-pyrrole nitrogens is 1. The number of fused-ring (bicyclic) bond motifs is 1. The minimum atomic E-state index is -0.473. The number of aromatic nitrogens is 4. The van der Waals surface area contributed by atoms with E-state index < -0.39 is 11.2 Å². The molecule has 2 aromatic rings. The van der Waals surface area contributed by atoms with Crippen molar-refractivity contribution in [1.82, 2.24) is 19.1 Å². The van der Waals surface area contributed by atoms with Crippen molar-refractivity contribution in [2.45, 2.75) is 73.6 Å². The molecule has 2 heterocycles. The highest BCUT2D eigenvalue weighted by Crippen LogP contribution is 2.20. The molecule has 0 spiro atoms. The average Bonchev–Trinajstić information content (AvgIpc) is 2.90. The van der Waals surface area contributed by atoms with Crippen molar-refractivity contribution in [2.24, 2.45) is 5.41 Å². The monoisotopic (exact) mass is 364 g/mol. The van der Waals surface area contributed by atoms with Crippen LogP contribution in [0.25, 0.3) is 11.2 Å². The zero-order valence-electron chi connectivity index (χ0n) is 16.2. The van der Waals surface area contributed by atoms with E-state index >= 15 is 0 Å². The zero-order valence-corrected chi connectivity index (χ0v) is 16.2. The fourth-order valence-electron chi connectivity index (χ4n) is 2.82. The van der Waals surface area contributed by atoms with Crippen LogP contribution in [-0.4, -0.2) is 25.1 Å². The molecule has 2 rings (SSSR count). The molecule has 1 N–H and O–H groups in total. The summed E-state index contributed by atoms with van der Waals surface area (Å²) in [6, 6.07) is 0. The van der Waals surface area contributed by atoms with Gasteiger partial charge in [0.1, 0.15) is 12.4 Å². The molecule has 0 saturated carbocycles. The Morgan fingerprint density at radius 3 is 2.46 bits per heavy atom. The van der Waals surface area contributed by atoms with Gasteiger partial charge in [-0.25, -0.2) is 9.78 Å². The predicted molar refractivity (Wildman–Crippen MR) is 99.1 cm³/mol. The molecule has 0 aliphatic heterocycles. The quantitative estimate of drug-likeness (QED) is 0.759. The first-order valence-corrected chi connectivity index (χ1v) is 9.05. The maximum Gasteiger partial charge on any atom is 0.330 e. The molecule has 0 amide bonds. The van der Waals surface area contributed by atoms with Crippen LogP contribution in [-0.2, 0) is 29.2 Å². The van der Waals surface area contributed by atoms with Gasteiger partial charge in [0.2, 0.25) is 0 Å². The van der Waals surface area contributed by atoms with Crippen molar-refractivity contribution in [3.63, 3.8) is 0 Å². The zero-order chi connectivity index (χ0) is 19.5. The molecule has 0 bridgehead atoms. The summed E-state index contributed by atoms with van der Waals surface area (Å²) in [5, 5.41) is 0. The SMILES string of the molecule is CCCCn1c(=O)[nH]c(=O)c2c1nc(COC(=O)CC(C)(C)C)n2CC. The van der Waals surface area contributed by atoms with Gasteiger partial charge in [-0.1, -0.05) is 34.1 Å². The maximum atomic E-state index is 12.3. The summed E-state index contributed by atoms with van der Waals surface area (Å²) in [4.78, 5) is 43.3. The standard InChI is InChI=1S/C18H28N4O4/c1-6-8-9-22-15-14(16(24)20-17(22)25)21(7-2)12(19-15)11-26-13(23)10-18(3,4)5/h6-11H2,1-5H3,(H,20,24,25). The number of unbranched alkanes of at least 4 members (excludes halogenated alkanes) is 1. The van der Waals surface area contributed by atoms with E-state index in [-0.39, 0.29) is 18.0 Å². The van der Waals surface area contributed by atoms with E-state index in [9.17, 15) is 14.4 Å². The highest BCUT2D eigenvalue weighted by atomic mass is 16.5. The summed E-state index contributed by atoms with van der Waals surface area (Å²) < 4.78 is 8.52. The van der Waals surface area contributed by atoms with Gasteiger partial charge in [0.25, 0.3) is 5.56 Å². The van der Waals surface area contributed by atoms with Gasteiger partial charge in [-0.15, -0.1) is 0 Å². The Kier molecular flexibility index (Phi) is 6.05. The van der Waals surface area contributed by atoms with Crippen LogP contribution >= 0.6 is 0 Å². The number of aryl methyl sites for hydroxylation is 2. The third-order valence-electron chi connectivity index (χ3n) is 4.05. The van der Waals surface area contributed by atoms with Crippen LogP contribution in [0.4, 0.5) is 0 Å². The molecule has 0 saturated heterocycles. The largest absolute Gasteiger partial charge is 0.457 e. The highest BCUT2D eigenvalue weighted by Gasteiger charge is 2.20. The Bertz CT molecular complexity index is 899. The fraction of sp³-hybridized carbons (Fsp3) is 0.667. The molecule has 26 heavy (non-hydrogen) atoms. The van der Waals surface area contributed by atoms with Crippen molar-refractivity contribution in [3.05, 3.63) is 26.7 Å². The fourth-order valence-corrected chi connectivity index (χ4v) is 2.82. The number of hydrogen-bond acceptors (Lipinski definition) is 5. The van der Waals surface area contributed by atoms with E-state index in [0.29, 0.717) is 36.5 Å². The number of nitrogens with one attached hydrogen (secondary N) is 1. The summed E-state index contributed by atoms with van der Waals surface area (Å²) in [6.45, 7) is 10.7. The van der Waals surface area contributed by atoms with Crippen molar-refractivity contribution in [1.29, 1.82) is 0 Å². The van der Waals surface area contributed by atoms with Crippen molar-refractivity contribution >= 4 is 17.1 Å². The lowest BCUT2D eigenvalue weighted by molar-refractivity contribution is -0.147. The molecule has 0 aromatic carbocycles. The Hall–Kier alpha value is -2.38. The van der Waals surface area contributed by atoms with Crippen molar-refractivity contribution in [2.75, 3.05) is 0 Å². The molecule has 0 atom stereocenters. The Labute approximate surface area is 152 Å². The van der Waals surface area contributed by atoms with Gasteiger partial charge in [-0.05, 0) is 18.8 Å². The smallest absolute Gasteiger partial charge is 0.330 e. The topological polar surface area (TPSA) is 99.0 Å². The van der Waals surface area contributed by atoms with E-state index in [1.807, 2.05) is 34.6 Å². The van der Waals surface area contributed by atoms with E-state index in [2.05, 4.69) is 9.97 Å². The number of hydrogen-bond donors (Lipinski definition) is 1. The van der Waals surface area contributed by atoms with Gasteiger partial charge in [0.05, 0.1) is 6.42 Å². The molecule has 144 valence electrons. The molecule has 8 heteroatoms. The second kappa shape index (κ2) is 7.88. The average molecular weight is 364 g/mol. The number of ether oxygens (including phenoxy) is 1. The lowest BCUT2D eigenvalue weighted by atomic mass is 9.93. The van der Waals surface area contributed by atoms with Gasteiger partial charge < -0.3 is 9.30 Å². The Morgan fingerprint density at radius 2 is 1.88 bits per heavy atom. The number of carbonyl (C=O) groups is 1. The summed E-state index contributed by atoms with van der Waals surface area (Å²) in [5.41, 5.74) is -0.423. The summed E-state index contributed by atoms with van der Waals surface area (Å²) in [5.74, 6) is 0.149.